The number of halogens is 1. The maximum atomic E-state index is 12.1. The van der Waals surface area contributed by atoms with Crippen molar-refractivity contribution in [1.29, 1.82) is 0 Å². The van der Waals surface area contributed by atoms with Crippen LogP contribution < -0.4 is 5.32 Å². The monoisotopic (exact) mass is 348 g/mol. The highest BCUT2D eigenvalue weighted by atomic mass is 35.5. The Balaban J connectivity index is 1.46. The van der Waals surface area contributed by atoms with Gasteiger partial charge in [0.25, 0.3) is 5.91 Å². The molecule has 1 amide bonds. The standard InChI is InChI=1S/C17H17ClN2O2S/c1-11-10-23-16(20-11)4-2-3-7-19-17(21)15-9-12-8-13(18)5-6-14(12)22-15/h5-6,8-10H,2-4,7H2,1H3,(H,19,21). The predicted octanol–water partition coefficient (Wildman–Crippen LogP) is 4.60. The van der Waals surface area contributed by atoms with E-state index in [1.165, 1.54) is 0 Å². The second-order valence-electron chi connectivity index (χ2n) is 5.39. The number of furan rings is 1. The summed E-state index contributed by atoms with van der Waals surface area (Å²) in [7, 11) is 0. The first kappa shape index (κ1) is 16.0. The SMILES string of the molecule is Cc1csc(CCCCNC(=O)c2cc3cc(Cl)ccc3o2)n1. The summed E-state index contributed by atoms with van der Waals surface area (Å²) in [4.78, 5) is 16.5. The number of unbranched alkanes of at least 4 members (excludes halogenated alkanes) is 1. The Bertz CT molecular complexity index is 825. The molecule has 4 nitrogen and oxygen atoms in total. The number of aryl methyl sites for hydroxylation is 2. The van der Waals surface area contributed by atoms with Gasteiger partial charge in [-0.1, -0.05) is 11.6 Å². The number of hydrogen-bond acceptors (Lipinski definition) is 4. The van der Waals surface area contributed by atoms with Gasteiger partial charge in [-0.3, -0.25) is 4.79 Å². The van der Waals surface area contributed by atoms with Gasteiger partial charge in [0.1, 0.15) is 5.58 Å². The van der Waals surface area contributed by atoms with Crippen molar-refractivity contribution in [2.24, 2.45) is 0 Å². The van der Waals surface area contributed by atoms with Gasteiger partial charge in [-0.2, -0.15) is 0 Å². The number of fused-ring (bicyclic) bond motifs is 1. The van der Waals surface area contributed by atoms with Crippen LogP contribution in [0.15, 0.2) is 34.1 Å². The molecule has 2 aromatic heterocycles. The zero-order valence-electron chi connectivity index (χ0n) is 12.8. The molecule has 120 valence electrons. The van der Waals surface area contributed by atoms with Gasteiger partial charge in [0.2, 0.25) is 0 Å². The Morgan fingerprint density at radius 1 is 1.35 bits per heavy atom. The molecule has 0 atom stereocenters. The van der Waals surface area contributed by atoms with Crippen LogP contribution in [0.1, 0.15) is 34.1 Å². The molecule has 0 saturated heterocycles. The van der Waals surface area contributed by atoms with Crippen molar-refractivity contribution in [3.05, 3.63) is 51.1 Å². The Morgan fingerprint density at radius 3 is 3.00 bits per heavy atom. The highest BCUT2D eigenvalue weighted by molar-refractivity contribution is 7.09. The number of carbonyl (C=O) groups is 1. The van der Waals surface area contributed by atoms with Crippen molar-refractivity contribution < 1.29 is 9.21 Å². The van der Waals surface area contributed by atoms with Crippen molar-refractivity contribution >= 4 is 39.8 Å². The first-order valence-corrected chi connectivity index (χ1v) is 8.76. The van der Waals surface area contributed by atoms with E-state index in [9.17, 15) is 4.79 Å². The third-order valence-corrected chi connectivity index (χ3v) is 4.73. The van der Waals surface area contributed by atoms with Crippen LogP contribution >= 0.6 is 22.9 Å². The van der Waals surface area contributed by atoms with Gasteiger partial charge in [-0.15, -0.1) is 11.3 Å². The fourth-order valence-electron chi connectivity index (χ4n) is 2.33. The number of nitrogens with zero attached hydrogens (tertiary/aromatic N) is 1. The van der Waals surface area contributed by atoms with E-state index in [0.29, 0.717) is 22.9 Å². The van der Waals surface area contributed by atoms with E-state index in [1.807, 2.05) is 6.92 Å². The molecule has 0 aliphatic rings. The summed E-state index contributed by atoms with van der Waals surface area (Å²) in [5.41, 5.74) is 1.74. The fraction of sp³-hybridized carbons (Fsp3) is 0.294. The zero-order valence-corrected chi connectivity index (χ0v) is 14.3. The van der Waals surface area contributed by atoms with Crippen LogP contribution in [0.25, 0.3) is 11.0 Å². The molecule has 1 aromatic carbocycles. The molecule has 0 aliphatic heterocycles. The molecule has 0 bridgehead atoms. The van der Waals surface area contributed by atoms with Crippen LogP contribution in [-0.2, 0) is 6.42 Å². The quantitative estimate of drug-likeness (QED) is 0.662. The Morgan fingerprint density at radius 2 is 2.22 bits per heavy atom. The molecule has 6 heteroatoms. The summed E-state index contributed by atoms with van der Waals surface area (Å²) < 4.78 is 5.53. The van der Waals surface area contributed by atoms with Crippen molar-refractivity contribution in [1.82, 2.24) is 10.3 Å². The molecule has 0 aliphatic carbocycles. The molecular weight excluding hydrogens is 332 g/mol. The van der Waals surface area contributed by atoms with Gasteiger partial charge in [-0.05, 0) is 50.5 Å². The lowest BCUT2D eigenvalue weighted by atomic mass is 10.2. The number of aromatic nitrogens is 1. The Labute approximate surface area is 143 Å². The highest BCUT2D eigenvalue weighted by Gasteiger charge is 2.11. The lowest BCUT2D eigenvalue weighted by Crippen LogP contribution is -2.23. The normalized spacial score (nSPS) is 11.0. The van der Waals surface area contributed by atoms with Gasteiger partial charge in [0, 0.05) is 28.0 Å². The van der Waals surface area contributed by atoms with E-state index < -0.39 is 0 Å². The van der Waals surface area contributed by atoms with Gasteiger partial charge in [0.15, 0.2) is 5.76 Å². The maximum Gasteiger partial charge on any atom is 0.287 e. The first-order valence-electron chi connectivity index (χ1n) is 7.50. The van der Waals surface area contributed by atoms with Crippen LogP contribution in [0.3, 0.4) is 0 Å². The molecule has 23 heavy (non-hydrogen) atoms. The number of nitrogens with one attached hydrogen (secondary N) is 1. The number of thiazole rings is 1. The van der Waals surface area contributed by atoms with Crippen molar-refractivity contribution in [2.45, 2.75) is 26.2 Å². The molecule has 0 unspecified atom stereocenters. The van der Waals surface area contributed by atoms with Gasteiger partial charge in [0.05, 0.1) is 5.01 Å². The third kappa shape index (κ3) is 4.12. The zero-order chi connectivity index (χ0) is 16.2. The van der Waals surface area contributed by atoms with Gasteiger partial charge < -0.3 is 9.73 Å². The molecule has 3 aromatic rings. The average molecular weight is 349 g/mol. The molecule has 3 rings (SSSR count). The van der Waals surface area contributed by atoms with Gasteiger partial charge in [-0.25, -0.2) is 4.98 Å². The minimum Gasteiger partial charge on any atom is -0.451 e. The van der Waals surface area contributed by atoms with Crippen LogP contribution in [0.5, 0.6) is 0 Å². The van der Waals surface area contributed by atoms with E-state index in [0.717, 1.165) is 35.4 Å². The minimum absolute atomic E-state index is 0.192. The fourth-order valence-corrected chi connectivity index (χ4v) is 3.33. The summed E-state index contributed by atoms with van der Waals surface area (Å²) in [6.07, 6.45) is 2.87. The van der Waals surface area contributed by atoms with Gasteiger partial charge >= 0.3 is 0 Å². The lowest BCUT2D eigenvalue weighted by Gasteiger charge is -2.02. The van der Waals surface area contributed by atoms with E-state index in [2.05, 4.69) is 15.7 Å². The van der Waals surface area contributed by atoms with Crippen LogP contribution in [0.4, 0.5) is 0 Å². The number of carbonyl (C=O) groups excluding carboxylic acids is 1. The van der Waals surface area contributed by atoms with Crippen molar-refractivity contribution in [3.63, 3.8) is 0 Å². The highest BCUT2D eigenvalue weighted by Crippen LogP contribution is 2.23. The molecule has 1 N–H and O–H groups in total. The Hall–Kier alpha value is -1.85. The van der Waals surface area contributed by atoms with Crippen LogP contribution in [-0.4, -0.2) is 17.4 Å². The molecule has 0 saturated carbocycles. The summed E-state index contributed by atoms with van der Waals surface area (Å²) in [6, 6.07) is 7.02. The smallest absolute Gasteiger partial charge is 0.287 e. The molecule has 0 radical (unpaired) electrons. The maximum absolute atomic E-state index is 12.1. The predicted molar refractivity (Wildman–Crippen MR) is 93.3 cm³/mol. The Kier molecular flexibility index (Phi) is 4.98. The lowest BCUT2D eigenvalue weighted by molar-refractivity contribution is 0.0927. The second kappa shape index (κ2) is 7.15. The van der Waals surface area contributed by atoms with E-state index in [-0.39, 0.29) is 5.91 Å². The molecule has 0 spiro atoms. The minimum atomic E-state index is -0.192. The first-order chi connectivity index (χ1) is 11.1. The second-order valence-corrected chi connectivity index (χ2v) is 6.77. The summed E-state index contributed by atoms with van der Waals surface area (Å²) in [5.74, 6) is 0.125. The third-order valence-electron chi connectivity index (χ3n) is 3.47. The molecular formula is C17H17ClN2O2S. The number of rotatable bonds is 6. The molecule has 2 heterocycles. The molecule has 0 fully saturated rings. The van der Waals surface area contributed by atoms with Crippen molar-refractivity contribution in [3.8, 4) is 0 Å². The van der Waals surface area contributed by atoms with Crippen molar-refractivity contribution in [2.75, 3.05) is 6.54 Å². The summed E-state index contributed by atoms with van der Waals surface area (Å²) in [5, 5.41) is 7.56. The number of amides is 1. The van der Waals surface area contributed by atoms with Crippen LogP contribution in [0.2, 0.25) is 5.02 Å². The van der Waals surface area contributed by atoms with E-state index >= 15 is 0 Å². The van der Waals surface area contributed by atoms with Crippen LogP contribution in [0, 0.1) is 6.92 Å². The summed E-state index contributed by atoms with van der Waals surface area (Å²) in [6.45, 7) is 2.63. The topological polar surface area (TPSA) is 55.1 Å². The summed E-state index contributed by atoms with van der Waals surface area (Å²) >= 11 is 7.62. The van der Waals surface area contributed by atoms with E-state index in [1.54, 1.807) is 35.6 Å². The largest absolute Gasteiger partial charge is 0.451 e. The van der Waals surface area contributed by atoms with E-state index in [4.69, 9.17) is 16.0 Å². The average Bonchev–Trinajstić information content (AvgIpc) is 3.12. The number of hydrogen-bond donors (Lipinski definition) is 1. The number of benzene rings is 1.